The average Bonchev–Trinajstić information content (AvgIpc) is 2.24. The highest BCUT2D eigenvalue weighted by molar-refractivity contribution is 4.99. The van der Waals surface area contributed by atoms with Crippen LogP contribution in [0.4, 0.5) is 0 Å². The molecular weight excluding hydrogens is 172 g/mol. The van der Waals surface area contributed by atoms with Gasteiger partial charge in [0.2, 0.25) is 0 Å². The molecule has 14 heavy (non-hydrogen) atoms. The van der Waals surface area contributed by atoms with Crippen LogP contribution in [0, 0.1) is 0 Å². The Hall–Kier alpha value is -1.64. The molecule has 6 N–H and O–H groups in total. The molecule has 0 spiro atoms. The minimum absolute atomic E-state index is 0. The summed E-state index contributed by atoms with van der Waals surface area (Å²) in [4.78, 5) is 0. The van der Waals surface area contributed by atoms with E-state index in [4.69, 9.17) is 0 Å². The molecule has 2 rings (SSSR count). The van der Waals surface area contributed by atoms with E-state index in [1.54, 1.807) is 0 Å². The number of benzene rings is 2. The molecule has 0 atom stereocenters. The predicted octanol–water partition coefficient (Wildman–Crippen LogP) is 3.70. The lowest BCUT2D eigenvalue weighted by Gasteiger charge is -1.69. The number of hydrogen-bond donors (Lipinski definition) is 2. The molecule has 76 valence electrons. The summed E-state index contributed by atoms with van der Waals surface area (Å²) in [6.45, 7) is 0. The molecule has 0 saturated carbocycles. The number of rotatable bonds is 0. The largest absolute Gasteiger partial charge is 0.344 e. The highest BCUT2D eigenvalue weighted by Crippen LogP contribution is 1.80. The molecule has 0 aliphatic carbocycles. The summed E-state index contributed by atoms with van der Waals surface area (Å²) in [5.74, 6) is 0. The molecule has 0 saturated heterocycles. The molecule has 0 amide bonds. The van der Waals surface area contributed by atoms with Crippen LogP contribution in [0.3, 0.4) is 0 Å². The van der Waals surface area contributed by atoms with Gasteiger partial charge in [-0.25, -0.2) is 0 Å². The van der Waals surface area contributed by atoms with Crippen molar-refractivity contribution in [3.8, 4) is 0 Å². The van der Waals surface area contributed by atoms with Gasteiger partial charge in [-0.05, 0) is 0 Å². The van der Waals surface area contributed by atoms with Crippen LogP contribution >= 0.6 is 0 Å². The Labute approximate surface area is 85.8 Å². The van der Waals surface area contributed by atoms with Crippen molar-refractivity contribution >= 4 is 0 Å². The molecule has 2 aromatic carbocycles. The first-order chi connectivity index (χ1) is 6.00. The molecule has 2 heteroatoms. The molecule has 0 unspecified atom stereocenters. The second-order valence-electron chi connectivity index (χ2n) is 2.31. The lowest BCUT2D eigenvalue weighted by molar-refractivity contribution is 1.72. The number of hydrogen-bond acceptors (Lipinski definition) is 2. The van der Waals surface area contributed by atoms with Gasteiger partial charge >= 0.3 is 0 Å². The Balaban J connectivity index is 0. The SMILES string of the molecule is N.N.c1ccccc1.c1ccccc1. The van der Waals surface area contributed by atoms with E-state index in [1.165, 1.54) is 0 Å². The van der Waals surface area contributed by atoms with Gasteiger partial charge in [0, 0.05) is 0 Å². The van der Waals surface area contributed by atoms with Crippen molar-refractivity contribution in [1.82, 2.24) is 12.3 Å². The molecule has 0 heterocycles. The standard InChI is InChI=1S/2C6H6.2H3N/c2*1-2-4-6-5-3-1;;/h2*1-6H;2*1H3. The van der Waals surface area contributed by atoms with E-state index in [9.17, 15) is 0 Å². The van der Waals surface area contributed by atoms with Crippen molar-refractivity contribution in [1.29, 1.82) is 0 Å². The highest BCUT2D eigenvalue weighted by atomic mass is 14.0. The van der Waals surface area contributed by atoms with Crippen LogP contribution in [0.15, 0.2) is 72.8 Å². The fourth-order valence-corrected chi connectivity index (χ4v) is 0.770. The zero-order valence-electron chi connectivity index (χ0n) is 8.34. The van der Waals surface area contributed by atoms with E-state index < -0.39 is 0 Å². The third kappa shape index (κ3) is 8.46. The van der Waals surface area contributed by atoms with E-state index in [2.05, 4.69) is 0 Å². The van der Waals surface area contributed by atoms with Gasteiger partial charge in [0.15, 0.2) is 0 Å². The Morgan fingerprint density at radius 3 is 0.357 bits per heavy atom. The third-order valence-corrected chi connectivity index (χ3v) is 1.33. The highest BCUT2D eigenvalue weighted by Gasteiger charge is 1.58. The summed E-state index contributed by atoms with van der Waals surface area (Å²) in [5.41, 5.74) is 0. The summed E-state index contributed by atoms with van der Waals surface area (Å²) in [6.07, 6.45) is 0. The van der Waals surface area contributed by atoms with Crippen LogP contribution in [0.25, 0.3) is 0 Å². The summed E-state index contributed by atoms with van der Waals surface area (Å²) >= 11 is 0. The van der Waals surface area contributed by atoms with Crippen molar-refractivity contribution in [2.45, 2.75) is 0 Å². The van der Waals surface area contributed by atoms with E-state index in [-0.39, 0.29) is 12.3 Å². The first kappa shape index (κ1) is 14.9. The van der Waals surface area contributed by atoms with Crippen LogP contribution < -0.4 is 12.3 Å². The van der Waals surface area contributed by atoms with Crippen molar-refractivity contribution in [2.75, 3.05) is 0 Å². The fourth-order valence-electron chi connectivity index (χ4n) is 0.770. The van der Waals surface area contributed by atoms with Crippen LogP contribution in [0.5, 0.6) is 0 Å². The van der Waals surface area contributed by atoms with Gasteiger partial charge < -0.3 is 12.3 Å². The van der Waals surface area contributed by atoms with Gasteiger partial charge in [-0.2, -0.15) is 0 Å². The second kappa shape index (κ2) is 11.4. The van der Waals surface area contributed by atoms with Crippen LogP contribution in [0.1, 0.15) is 0 Å². The van der Waals surface area contributed by atoms with Crippen LogP contribution in [-0.4, -0.2) is 0 Å². The summed E-state index contributed by atoms with van der Waals surface area (Å²) in [7, 11) is 0. The maximum atomic E-state index is 2.00. The van der Waals surface area contributed by atoms with Gasteiger partial charge in [0.1, 0.15) is 0 Å². The van der Waals surface area contributed by atoms with Gasteiger partial charge in [-0.1, -0.05) is 72.8 Å². The molecule has 0 radical (unpaired) electrons. The van der Waals surface area contributed by atoms with Crippen molar-refractivity contribution in [3.05, 3.63) is 72.8 Å². The average molecular weight is 190 g/mol. The summed E-state index contributed by atoms with van der Waals surface area (Å²) in [5, 5.41) is 0. The summed E-state index contributed by atoms with van der Waals surface area (Å²) < 4.78 is 0. The normalized spacial score (nSPS) is 6.86. The zero-order chi connectivity index (χ0) is 8.49. The monoisotopic (exact) mass is 190 g/mol. The topological polar surface area (TPSA) is 70.0 Å². The second-order valence-corrected chi connectivity index (χ2v) is 2.31. The van der Waals surface area contributed by atoms with Gasteiger partial charge in [-0.15, -0.1) is 0 Å². The predicted molar refractivity (Wildman–Crippen MR) is 62.9 cm³/mol. The molecule has 0 fully saturated rings. The lowest BCUT2D eigenvalue weighted by Crippen LogP contribution is -1.47. The lowest BCUT2D eigenvalue weighted by atomic mass is 10.4. The van der Waals surface area contributed by atoms with Gasteiger partial charge in [0.25, 0.3) is 0 Å². The molecule has 0 bridgehead atoms. The van der Waals surface area contributed by atoms with Crippen molar-refractivity contribution in [2.24, 2.45) is 0 Å². The first-order valence-electron chi connectivity index (χ1n) is 4.00. The Kier molecular flexibility index (Phi) is 12.1. The van der Waals surface area contributed by atoms with Crippen molar-refractivity contribution in [3.63, 3.8) is 0 Å². The van der Waals surface area contributed by atoms with E-state index in [0.717, 1.165) is 0 Å². The molecule has 2 aromatic rings. The molecule has 2 nitrogen and oxygen atoms in total. The smallest absolute Gasteiger partial charge is 0.0623 e. The Morgan fingerprint density at radius 2 is 0.286 bits per heavy atom. The Bertz CT molecular complexity index is 184. The van der Waals surface area contributed by atoms with Crippen LogP contribution in [-0.2, 0) is 0 Å². The van der Waals surface area contributed by atoms with E-state index in [1.807, 2.05) is 72.8 Å². The Morgan fingerprint density at radius 1 is 0.214 bits per heavy atom. The van der Waals surface area contributed by atoms with E-state index in [0.29, 0.717) is 0 Å². The van der Waals surface area contributed by atoms with Crippen LogP contribution in [0.2, 0.25) is 0 Å². The minimum Gasteiger partial charge on any atom is -0.344 e. The fraction of sp³-hybridized carbons (Fsp3) is 0. The molecule has 0 aliphatic rings. The molecule has 0 aliphatic heterocycles. The molecular formula is C12H18N2. The minimum atomic E-state index is 0. The van der Waals surface area contributed by atoms with Crippen molar-refractivity contribution < 1.29 is 0 Å². The van der Waals surface area contributed by atoms with Gasteiger partial charge in [-0.3, -0.25) is 0 Å². The third-order valence-electron chi connectivity index (χ3n) is 1.33. The van der Waals surface area contributed by atoms with Gasteiger partial charge in [0.05, 0.1) is 0 Å². The summed E-state index contributed by atoms with van der Waals surface area (Å²) in [6, 6.07) is 24.0. The van der Waals surface area contributed by atoms with E-state index >= 15 is 0 Å². The first-order valence-corrected chi connectivity index (χ1v) is 4.00. The zero-order valence-corrected chi connectivity index (χ0v) is 8.34. The quantitative estimate of drug-likeness (QED) is 0.665. The molecule has 0 aromatic heterocycles. The maximum Gasteiger partial charge on any atom is -0.0623 e. The maximum absolute atomic E-state index is 2.00.